The number of nitrogens with two attached hydrogens (primary N) is 1. The maximum Gasteiger partial charge on any atom is 0.208 e. The van der Waals surface area contributed by atoms with Gasteiger partial charge in [0.15, 0.2) is 5.96 Å². The van der Waals surface area contributed by atoms with Gasteiger partial charge in [-0.2, -0.15) is 0 Å². The summed E-state index contributed by atoms with van der Waals surface area (Å²) in [5.41, 5.74) is 6.90. The number of imidazole rings is 1. The number of halogens is 1. The Balaban J connectivity index is 2.46. The van der Waals surface area contributed by atoms with E-state index in [1.54, 1.807) is 0 Å². The van der Waals surface area contributed by atoms with Crippen molar-refractivity contribution < 1.29 is 0 Å². The number of aromatic nitrogens is 2. The fraction of sp³-hybridized carbons (Fsp3) is 0. The molecule has 1 aromatic carbocycles. The van der Waals surface area contributed by atoms with Crippen molar-refractivity contribution in [2.75, 3.05) is 5.32 Å². The molecule has 14 heavy (non-hydrogen) atoms. The van der Waals surface area contributed by atoms with E-state index >= 15 is 0 Å². The summed E-state index contributed by atoms with van der Waals surface area (Å²) in [7, 11) is 0. The lowest BCUT2D eigenvalue weighted by Crippen LogP contribution is -2.21. The molecular weight excluding hydrogens is 246 g/mol. The normalized spacial score (nSPS) is 10.4. The lowest BCUT2D eigenvalue weighted by molar-refractivity contribution is 1.29. The van der Waals surface area contributed by atoms with Crippen LogP contribution >= 0.6 is 15.9 Å². The zero-order valence-electron chi connectivity index (χ0n) is 7.13. The van der Waals surface area contributed by atoms with E-state index < -0.39 is 0 Å². The highest BCUT2D eigenvalue weighted by atomic mass is 79.9. The van der Waals surface area contributed by atoms with Gasteiger partial charge in [-0.3, -0.25) is 10.7 Å². The van der Waals surface area contributed by atoms with Crippen LogP contribution < -0.4 is 11.1 Å². The van der Waals surface area contributed by atoms with Crippen molar-refractivity contribution in [2.24, 2.45) is 5.73 Å². The highest BCUT2D eigenvalue weighted by Gasteiger charge is 2.02. The van der Waals surface area contributed by atoms with Gasteiger partial charge in [0.05, 0.1) is 11.0 Å². The van der Waals surface area contributed by atoms with Gasteiger partial charge < -0.3 is 10.7 Å². The molecule has 0 saturated carbocycles. The zero-order chi connectivity index (χ0) is 10.1. The molecule has 2 aromatic rings. The van der Waals surface area contributed by atoms with Crippen molar-refractivity contribution in [1.29, 1.82) is 5.41 Å². The number of guanidine groups is 1. The summed E-state index contributed by atoms with van der Waals surface area (Å²) in [6.07, 6.45) is 0. The lowest BCUT2D eigenvalue weighted by atomic mass is 10.3. The second-order valence-electron chi connectivity index (χ2n) is 2.79. The molecule has 0 fully saturated rings. The number of nitrogens with one attached hydrogen (secondary N) is 3. The van der Waals surface area contributed by atoms with Crippen molar-refractivity contribution >= 4 is 38.9 Å². The molecule has 2 rings (SSSR count). The Kier molecular flexibility index (Phi) is 2.12. The van der Waals surface area contributed by atoms with Crippen LogP contribution in [0.5, 0.6) is 0 Å². The quantitative estimate of drug-likeness (QED) is 0.460. The average molecular weight is 254 g/mol. The molecule has 0 amide bonds. The van der Waals surface area contributed by atoms with E-state index in [0.29, 0.717) is 5.95 Å². The van der Waals surface area contributed by atoms with Crippen molar-refractivity contribution in [2.45, 2.75) is 0 Å². The Morgan fingerprint density at radius 3 is 3.07 bits per heavy atom. The Morgan fingerprint density at radius 1 is 1.57 bits per heavy atom. The fourth-order valence-corrected chi connectivity index (χ4v) is 1.51. The van der Waals surface area contributed by atoms with Crippen LogP contribution in [-0.2, 0) is 0 Å². The third-order valence-electron chi connectivity index (χ3n) is 1.70. The number of hydrogen-bond donors (Lipinski definition) is 4. The number of fused-ring (bicyclic) bond motifs is 1. The summed E-state index contributed by atoms with van der Waals surface area (Å²) in [4.78, 5) is 7.19. The maximum absolute atomic E-state index is 7.04. The molecule has 0 atom stereocenters. The number of aromatic amines is 1. The Bertz CT molecular complexity index is 489. The van der Waals surface area contributed by atoms with Crippen LogP contribution in [0.4, 0.5) is 5.95 Å². The molecular formula is C8H8BrN5. The smallest absolute Gasteiger partial charge is 0.208 e. The summed E-state index contributed by atoms with van der Waals surface area (Å²) >= 11 is 3.35. The first-order chi connectivity index (χ1) is 6.65. The molecule has 0 aliphatic rings. The van der Waals surface area contributed by atoms with Crippen LogP contribution in [0, 0.1) is 5.41 Å². The van der Waals surface area contributed by atoms with Crippen LogP contribution in [0.3, 0.4) is 0 Å². The summed E-state index contributed by atoms with van der Waals surface area (Å²) in [6.45, 7) is 0. The van der Waals surface area contributed by atoms with Crippen LogP contribution in [0.25, 0.3) is 11.0 Å². The van der Waals surface area contributed by atoms with E-state index in [4.69, 9.17) is 11.1 Å². The minimum Gasteiger partial charge on any atom is -0.370 e. The first-order valence-corrected chi connectivity index (χ1v) is 4.71. The van der Waals surface area contributed by atoms with Gasteiger partial charge in [0.25, 0.3) is 0 Å². The van der Waals surface area contributed by atoms with E-state index in [1.807, 2.05) is 18.2 Å². The number of nitrogens with zero attached hydrogens (tertiary/aromatic N) is 1. The number of rotatable bonds is 1. The molecule has 1 aromatic heterocycles. The lowest BCUT2D eigenvalue weighted by Gasteiger charge is -1.95. The molecule has 0 spiro atoms. The van der Waals surface area contributed by atoms with Gasteiger partial charge in [-0.15, -0.1) is 0 Å². The van der Waals surface area contributed by atoms with Crippen LogP contribution in [0.1, 0.15) is 0 Å². The van der Waals surface area contributed by atoms with Gasteiger partial charge in [0, 0.05) is 4.47 Å². The predicted octanol–water partition coefficient (Wildman–Crippen LogP) is 1.63. The van der Waals surface area contributed by atoms with Crippen molar-refractivity contribution in [3.63, 3.8) is 0 Å². The number of hydrogen-bond acceptors (Lipinski definition) is 2. The standard InChI is InChI=1S/C8H8BrN5/c9-4-1-2-5-6(3-4)13-8(12-5)14-7(10)11/h1-3H,(H5,10,11,12,13,14). The molecule has 5 N–H and O–H groups in total. The predicted molar refractivity (Wildman–Crippen MR) is 59.3 cm³/mol. The number of anilines is 1. The minimum absolute atomic E-state index is 0.136. The zero-order valence-corrected chi connectivity index (χ0v) is 8.72. The average Bonchev–Trinajstić information content (AvgIpc) is 2.44. The van der Waals surface area contributed by atoms with Crippen LogP contribution in [0.15, 0.2) is 22.7 Å². The summed E-state index contributed by atoms with van der Waals surface area (Å²) < 4.78 is 0.964. The van der Waals surface area contributed by atoms with Gasteiger partial charge in [0.1, 0.15) is 0 Å². The first-order valence-electron chi connectivity index (χ1n) is 3.91. The summed E-state index contributed by atoms with van der Waals surface area (Å²) in [5.74, 6) is 0.341. The molecule has 72 valence electrons. The van der Waals surface area contributed by atoms with Gasteiger partial charge in [-0.25, -0.2) is 4.98 Å². The van der Waals surface area contributed by atoms with E-state index in [0.717, 1.165) is 15.5 Å². The third kappa shape index (κ3) is 1.69. The molecule has 0 unspecified atom stereocenters. The molecule has 0 aliphatic heterocycles. The Morgan fingerprint density at radius 2 is 2.36 bits per heavy atom. The van der Waals surface area contributed by atoms with Crippen molar-refractivity contribution in [3.8, 4) is 0 Å². The van der Waals surface area contributed by atoms with Crippen molar-refractivity contribution in [1.82, 2.24) is 9.97 Å². The number of H-pyrrole nitrogens is 1. The SMILES string of the molecule is N=C(N)Nc1nc2cc(Br)ccc2[nH]1. The maximum atomic E-state index is 7.04. The topological polar surface area (TPSA) is 90.6 Å². The highest BCUT2D eigenvalue weighted by Crippen LogP contribution is 2.18. The molecule has 5 nitrogen and oxygen atoms in total. The third-order valence-corrected chi connectivity index (χ3v) is 2.19. The molecule has 0 bridgehead atoms. The second-order valence-corrected chi connectivity index (χ2v) is 3.70. The van der Waals surface area contributed by atoms with E-state index in [2.05, 4.69) is 31.2 Å². The van der Waals surface area contributed by atoms with Gasteiger partial charge in [-0.05, 0) is 18.2 Å². The van der Waals surface area contributed by atoms with E-state index in [-0.39, 0.29) is 5.96 Å². The highest BCUT2D eigenvalue weighted by molar-refractivity contribution is 9.10. The van der Waals surface area contributed by atoms with Crippen LogP contribution in [0.2, 0.25) is 0 Å². The van der Waals surface area contributed by atoms with E-state index in [9.17, 15) is 0 Å². The second kappa shape index (κ2) is 3.30. The Hall–Kier alpha value is -1.56. The molecule has 0 radical (unpaired) electrons. The molecule has 6 heteroatoms. The van der Waals surface area contributed by atoms with Gasteiger partial charge >= 0.3 is 0 Å². The molecule has 1 heterocycles. The largest absolute Gasteiger partial charge is 0.370 e. The first kappa shape index (κ1) is 9.01. The van der Waals surface area contributed by atoms with E-state index in [1.165, 1.54) is 0 Å². The minimum atomic E-state index is -0.136. The Labute approximate surface area is 88.3 Å². The summed E-state index contributed by atoms with van der Waals surface area (Å²) in [6, 6.07) is 5.70. The van der Waals surface area contributed by atoms with Gasteiger partial charge in [-0.1, -0.05) is 15.9 Å². The van der Waals surface area contributed by atoms with Crippen LogP contribution in [-0.4, -0.2) is 15.9 Å². The fourth-order valence-electron chi connectivity index (χ4n) is 1.17. The molecule has 0 saturated heterocycles. The number of benzene rings is 1. The molecule has 0 aliphatic carbocycles. The summed E-state index contributed by atoms with van der Waals surface area (Å²) in [5, 5.41) is 9.64. The van der Waals surface area contributed by atoms with Gasteiger partial charge in [0.2, 0.25) is 5.95 Å². The van der Waals surface area contributed by atoms with Crippen molar-refractivity contribution in [3.05, 3.63) is 22.7 Å². The monoisotopic (exact) mass is 253 g/mol.